The summed E-state index contributed by atoms with van der Waals surface area (Å²) in [6.07, 6.45) is -3.85. The fourth-order valence-electron chi connectivity index (χ4n) is 3.90. The van der Waals surface area contributed by atoms with E-state index in [1.807, 2.05) is 18.2 Å². The molecule has 3 aromatic rings. The van der Waals surface area contributed by atoms with Crippen molar-refractivity contribution in [2.45, 2.75) is 24.5 Å². The number of aliphatic hydroxyl groups is 1. The summed E-state index contributed by atoms with van der Waals surface area (Å²) >= 11 is 0. The number of aromatic nitrogens is 4. The van der Waals surface area contributed by atoms with E-state index in [4.69, 9.17) is 20.6 Å². The average molecular weight is 496 g/mol. The fourth-order valence-corrected chi connectivity index (χ4v) is 4.42. The molecular weight excluding hydrogens is 470 g/mol. The van der Waals surface area contributed by atoms with Crippen LogP contribution >= 0.6 is 0 Å². The number of aliphatic hydroxyl groups excluding tert-OH is 1. The number of hydrogen-bond acceptors (Lipinski definition) is 12. The minimum atomic E-state index is -4.90. The maximum Gasteiger partial charge on any atom is 0.397 e. The Labute approximate surface area is 195 Å². The predicted octanol–water partition coefficient (Wildman–Crippen LogP) is -0.656. The van der Waals surface area contributed by atoms with Crippen LogP contribution in [0, 0.1) is 0 Å². The van der Waals surface area contributed by atoms with E-state index in [0.29, 0.717) is 17.9 Å². The van der Waals surface area contributed by atoms with E-state index in [9.17, 15) is 18.1 Å². The Morgan fingerprint density at radius 1 is 1.26 bits per heavy atom. The Morgan fingerprint density at radius 2 is 2.00 bits per heavy atom. The first-order valence-electron chi connectivity index (χ1n) is 10.2. The van der Waals surface area contributed by atoms with Crippen molar-refractivity contribution in [3.05, 3.63) is 36.7 Å². The van der Waals surface area contributed by atoms with Gasteiger partial charge in [0.15, 0.2) is 23.2 Å². The molecule has 1 aromatic carbocycles. The maximum atomic E-state index is 11.5. The Morgan fingerprint density at radius 3 is 2.68 bits per heavy atom. The normalized spacial score (nSPS) is 23.2. The van der Waals surface area contributed by atoms with Crippen molar-refractivity contribution < 1.29 is 31.8 Å². The number of likely N-dealkylation sites (N-methyl/N-ethyl adjacent to an activating group) is 1. The number of ether oxygens (including phenoxy) is 1. The molecule has 0 saturated carbocycles. The van der Waals surface area contributed by atoms with E-state index in [2.05, 4.69) is 19.8 Å². The summed E-state index contributed by atoms with van der Waals surface area (Å²) in [4.78, 5) is 19.1. The van der Waals surface area contributed by atoms with E-state index >= 15 is 0 Å². The largest absolute Gasteiger partial charge is 0.397 e. The molecule has 14 nitrogen and oxygen atoms in total. The smallest absolute Gasteiger partial charge is 0.385 e. The second-order valence-electron chi connectivity index (χ2n) is 7.78. The Hall–Kier alpha value is -2.76. The molecule has 1 aliphatic heterocycles. The van der Waals surface area contributed by atoms with Gasteiger partial charge in [0.1, 0.15) is 30.5 Å². The molecule has 6 N–H and O–H groups in total. The summed E-state index contributed by atoms with van der Waals surface area (Å²) in [6, 6.07) is 9.04. The molecule has 1 aliphatic rings. The van der Waals surface area contributed by atoms with Crippen molar-refractivity contribution >= 4 is 27.4 Å². The van der Waals surface area contributed by atoms with Gasteiger partial charge in [-0.05, 0) is 7.05 Å². The molecule has 2 aromatic heterocycles. The summed E-state index contributed by atoms with van der Waals surface area (Å²) in [6.45, 7) is 0.726. The van der Waals surface area contributed by atoms with E-state index < -0.39 is 34.9 Å². The standard InChI is InChI=1S/C19H25N7O7S/c1-25(7-8-31-21)9-12-15(33-34(28,29)30)14(27)19(32-12)26-17(11-5-3-2-4-6-11)24-13-16(20)22-10-23-18(13)26/h2-6,10,12,14-15,19,27H,7-9,21H2,1H3,(H2,20,22,23)(H,28,29,30)/t12-,14-,15-,19-/m1/s1. The van der Waals surface area contributed by atoms with Crippen molar-refractivity contribution in [2.24, 2.45) is 5.90 Å². The van der Waals surface area contributed by atoms with Gasteiger partial charge in [0, 0.05) is 18.7 Å². The van der Waals surface area contributed by atoms with E-state index in [-0.39, 0.29) is 30.1 Å². The van der Waals surface area contributed by atoms with Crippen molar-refractivity contribution in [3.8, 4) is 11.4 Å². The maximum absolute atomic E-state index is 11.5. The van der Waals surface area contributed by atoms with E-state index in [1.165, 1.54) is 10.9 Å². The molecule has 184 valence electrons. The lowest BCUT2D eigenvalue weighted by Crippen LogP contribution is -2.42. The lowest BCUT2D eigenvalue weighted by Gasteiger charge is -2.23. The van der Waals surface area contributed by atoms with E-state index in [0.717, 1.165) is 0 Å². The first kappa shape index (κ1) is 24.4. The third-order valence-corrected chi connectivity index (χ3v) is 5.88. The van der Waals surface area contributed by atoms with Crippen LogP contribution in [0.3, 0.4) is 0 Å². The van der Waals surface area contributed by atoms with E-state index in [1.54, 1.807) is 24.1 Å². The quantitative estimate of drug-likeness (QED) is 0.215. The van der Waals surface area contributed by atoms with Crippen molar-refractivity contribution in [3.63, 3.8) is 0 Å². The third kappa shape index (κ3) is 5.01. The van der Waals surface area contributed by atoms with Gasteiger partial charge in [-0.3, -0.25) is 9.12 Å². The van der Waals surface area contributed by atoms with Crippen LogP contribution in [0.1, 0.15) is 6.23 Å². The molecule has 0 unspecified atom stereocenters. The second kappa shape index (κ2) is 9.85. The van der Waals surface area contributed by atoms with Crippen LogP contribution in [0.5, 0.6) is 0 Å². The van der Waals surface area contributed by atoms with Gasteiger partial charge in [-0.2, -0.15) is 8.42 Å². The van der Waals surface area contributed by atoms with Crippen molar-refractivity contribution in [2.75, 3.05) is 32.5 Å². The van der Waals surface area contributed by atoms with Crippen LogP contribution in [-0.4, -0.2) is 87.6 Å². The van der Waals surface area contributed by atoms with Crippen LogP contribution in [0.4, 0.5) is 5.82 Å². The van der Waals surface area contributed by atoms with Crippen molar-refractivity contribution in [1.29, 1.82) is 0 Å². The Balaban J connectivity index is 1.78. The number of benzene rings is 1. The minimum absolute atomic E-state index is 0.122. The molecule has 1 saturated heterocycles. The van der Waals surface area contributed by atoms with Gasteiger partial charge in [0.25, 0.3) is 0 Å². The third-order valence-electron chi connectivity index (χ3n) is 5.42. The molecule has 4 atom stereocenters. The summed E-state index contributed by atoms with van der Waals surface area (Å²) in [5.41, 5.74) is 7.23. The number of anilines is 1. The zero-order valence-corrected chi connectivity index (χ0v) is 18.9. The average Bonchev–Trinajstić information content (AvgIpc) is 3.31. The topological polar surface area (TPSA) is 201 Å². The highest BCUT2D eigenvalue weighted by atomic mass is 32.3. The SMILES string of the molecule is CN(CCON)C[C@H]1O[C@@H](n2c(-c3ccccc3)nc3c(N)ncnc32)[C@H](O)[C@@H]1OS(=O)(=O)O. The molecule has 34 heavy (non-hydrogen) atoms. The zero-order chi connectivity index (χ0) is 24.5. The molecule has 0 spiro atoms. The molecule has 0 amide bonds. The number of nitrogen functional groups attached to an aromatic ring is 1. The number of nitrogens with two attached hydrogens (primary N) is 2. The highest BCUT2D eigenvalue weighted by Gasteiger charge is 2.49. The monoisotopic (exact) mass is 495 g/mol. The van der Waals surface area contributed by atoms with Crippen molar-refractivity contribution in [1.82, 2.24) is 24.4 Å². The van der Waals surface area contributed by atoms with Crippen LogP contribution in [-0.2, 0) is 24.2 Å². The molecule has 0 bridgehead atoms. The molecule has 15 heteroatoms. The molecular formula is C19H25N7O7S. The zero-order valence-electron chi connectivity index (χ0n) is 18.1. The second-order valence-corrected chi connectivity index (χ2v) is 8.83. The van der Waals surface area contributed by atoms with Crippen LogP contribution < -0.4 is 11.6 Å². The van der Waals surface area contributed by atoms with Gasteiger partial charge >= 0.3 is 10.4 Å². The van der Waals surface area contributed by atoms with Gasteiger partial charge in [-0.25, -0.2) is 25.0 Å². The number of imidazole rings is 1. The fraction of sp³-hybridized carbons (Fsp3) is 0.421. The predicted molar refractivity (Wildman–Crippen MR) is 119 cm³/mol. The number of rotatable bonds is 9. The molecule has 3 heterocycles. The molecule has 1 fully saturated rings. The summed E-state index contributed by atoms with van der Waals surface area (Å²) < 4.78 is 44.8. The van der Waals surface area contributed by atoms with Crippen LogP contribution in [0.15, 0.2) is 36.7 Å². The van der Waals surface area contributed by atoms with Crippen LogP contribution in [0.25, 0.3) is 22.6 Å². The van der Waals surface area contributed by atoms with Gasteiger partial charge in [0.05, 0.1) is 6.61 Å². The number of nitrogens with zero attached hydrogens (tertiary/aromatic N) is 5. The lowest BCUT2D eigenvalue weighted by atomic mass is 10.1. The number of hydrogen-bond donors (Lipinski definition) is 4. The van der Waals surface area contributed by atoms with Gasteiger partial charge < -0.3 is 25.3 Å². The van der Waals surface area contributed by atoms with Crippen LogP contribution in [0.2, 0.25) is 0 Å². The molecule has 0 radical (unpaired) electrons. The van der Waals surface area contributed by atoms with Gasteiger partial charge in [-0.1, -0.05) is 30.3 Å². The highest BCUT2D eigenvalue weighted by Crippen LogP contribution is 2.38. The minimum Gasteiger partial charge on any atom is -0.385 e. The summed E-state index contributed by atoms with van der Waals surface area (Å²) in [5, 5.41) is 11.1. The number of fused-ring (bicyclic) bond motifs is 1. The lowest BCUT2D eigenvalue weighted by molar-refractivity contribution is -0.0425. The molecule has 0 aliphatic carbocycles. The Kier molecular flexibility index (Phi) is 7.06. The first-order valence-corrected chi connectivity index (χ1v) is 11.6. The summed E-state index contributed by atoms with van der Waals surface area (Å²) in [7, 11) is -3.18. The Bertz CT molecular complexity index is 1240. The van der Waals surface area contributed by atoms with Gasteiger partial charge in [0.2, 0.25) is 0 Å². The molecule has 4 rings (SSSR count). The van der Waals surface area contributed by atoms with Gasteiger partial charge in [-0.15, -0.1) is 0 Å². The highest BCUT2D eigenvalue weighted by molar-refractivity contribution is 7.80. The summed E-state index contributed by atoms with van der Waals surface area (Å²) in [5.74, 6) is 5.56. The first-order chi connectivity index (χ1) is 16.2.